The van der Waals surface area contributed by atoms with Crippen LogP contribution in [0.4, 0.5) is 18.0 Å². The number of alkyl halides is 3. The lowest BCUT2D eigenvalue weighted by Crippen LogP contribution is -2.55. The van der Waals surface area contributed by atoms with E-state index in [0.717, 1.165) is 12.1 Å². The average molecular weight is 379 g/mol. The lowest BCUT2D eigenvalue weighted by atomic mass is 9.89. The van der Waals surface area contributed by atoms with Gasteiger partial charge in [-0.2, -0.15) is 24.9 Å². The number of aliphatic hydroxyl groups is 1. The molecule has 0 fully saturated rings. The quantitative estimate of drug-likeness (QED) is 0.774. The fraction of sp³-hybridized carbons (Fsp3) is 0.588. The minimum Gasteiger partial charge on any atom is -0.465 e. The molecule has 1 aromatic carbocycles. The molecule has 2 atom stereocenters. The zero-order valence-electron chi connectivity index (χ0n) is 14.7. The highest BCUT2D eigenvalue weighted by Crippen LogP contribution is 2.34. The monoisotopic (exact) mass is 379 g/mol. The Morgan fingerprint density at radius 1 is 1.20 bits per heavy atom. The lowest BCUT2D eigenvalue weighted by molar-refractivity contribution is -0.137. The van der Waals surface area contributed by atoms with Gasteiger partial charge in [-0.15, -0.1) is 0 Å². The standard InChI is InChI=1S/C17H24F3NO3S/c1-16(2,3)21(15(23)24)14(9-22)13(10-25-4)11-5-7-12(8-6-11)17(18,19)20/h5-8,13-14,22H,9-10H2,1-4H3,(H,23,24)/t13-,14+/m0/s1. The van der Waals surface area contributed by atoms with Crippen LogP contribution in [0.25, 0.3) is 0 Å². The molecule has 25 heavy (non-hydrogen) atoms. The van der Waals surface area contributed by atoms with Crippen LogP contribution in [0.1, 0.15) is 37.8 Å². The number of carbonyl (C=O) groups is 1. The molecule has 0 aliphatic carbocycles. The Kier molecular flexibility index (Phi) is 7.19. The van der Waals surface area contributed by atoms with Crippen molar-refractivity contribution in [3.63, 3.8) is 0 Å². The number of thioether (sulfide) groups is 1. The molecule has 0 aromatic heterocycles. The second-order valence-electron chi connectivity index (χ2n) is 6.75. The topological polar surface area (TPSA) is 60.8 Å². The lowest BCUT2D eigenvalue weighted by Gasteiger charge is -2.42. The molecular formula is C17H24F3NO3S. The summed E-state index contributed by atoms with van der Waals surface area (Å²) in [6.45, 7) is 4.72. The molecule has 0 saturated heterocycles. The van der Waals surface area contributed by atoms with E-state index >= 15 is 0 Å². The molecule has 0 saturated carbocycles. The summed E-state index contributed by atoms with van der Waals surface area (Å²) in [5, 5.41) is 19.4. The maximum atomic E-state index is 12.8. The van der Waals surface area contributed by atoms with Gasteiger partial charge < -0.3 is 10.2 Å². The fourth-order valence-electron chi connectivity index (χ4n) is 2.84. The number of benzene rings is 1. The highest BCUT2D eigenvalue weighted by atomic mass is 32.2. The first-order chi connectivity index (χ1) is 11.4. The van der Waals surface area contributed by atoms with Crippen molar-refractivity contribution >= 4 is 17.9 Å². The fourth-order valence-corrected chi connectivity index (χ4v) is 3.62. The Balaban J connectivity index is 3.29. The van der Waals surface area contributed by atoms with E-state index in [1.807, 2.05) is 6.26 Å². The number of amides is 1. The molecule has 0 heterocycles. The maximum Gasteiger partial charge on any atom is 0.416 e. The van der Waals surface area contributed by atoms with Crippen LogP contribution in [-0.2, 0) is 6.18 Å². The van der Waals surface area contributed by atoms with Crippen LogP contribution in [0.5, 0.6) is 0 Å². The van der Waals surface area contributed by atoms with Gasteiger partial charge in [-0.1, -0.05) is 12.1 Å². The summed E-state index contributed by atoms with van der Waals surface area (Å²) in [6.07, 6.45) is -3.78. The first-order valence-electron chi connectivity index (χ1n) is 7.72. The van der Waals surface area contributed by atoms with Crippen LogP contribution < -0.4 is 0 Å². The van der Waals surface area contributed by atoms with E-state index in [0.29, 0.717) is 11.3 Å². The number of hydrogen-bond acceptors (Lipinski definition) is 3. The van der Waals surface area contributed by atoms with Crippen LogP contribution in [0.3, 0.4) is 0 Å². The second-order valence-corrected chi connectivity index (χ2v) is 7.67. The largest absolute Gasteiger partial charge is 0.465 e. The minimum atomic E-state index is -4.43. The molecule has 0 bridgehead atoms. The zero-order chi connectivity index (χ0) is 19.4. The smallest absolute Gasteiger partial charge is 0.416 e. The van der Waals surface area contributed by atoms with E-state index in [2.05, 4.69) is 0 Å². The first-order valence-corrected chi connectivity index (χ1v) is 9.12. The van der Waals surface area contributed by atoms with E-state index in [9.17, 15) is 28.2 Å². The van der Waals surface area contributed by atoms with Crippen molar-refractivity contribution in [1.82, 2.24) is 4.90 Å². The van der Waals surface area contributed by atoms with E-state index in [1.54, 1.807) is 20.8 Å². The third-order valence-electron chi connectivity index (χ3n) is 3.92. The second kappa shape index (κ2) is 8.31. The summed E-state index contributed by atoms with van der Waals surface area (Å²) in [5.41, 5.74) is -0.954. The summed E-state index contributed by atoms with van der Waals surface area (Å²) in [5.74, 6) is 0.0359. The number of aliphatic hydroxyl groups excluding tert-OH is 1. The normalized spacial score (nSPS) is 14.9. The van der Waals surface area contributed by atoms with Crippen LogP contribution in [0, 0.1) is 0 Å². The first kappa shape index (κ1) is 21.6. The number of nitrogens with zero attached hydrogens (tertiary/aromatic N) is 1. The Labute approximate surface area is 150 Å². The Morgan fingerprint density at radius 3 is 2.04 bits per heavy atom. The Bertz CT molecular complexity index is 570. The molecule has 142 valence electrons. The van der Waals surface area contributed by atoms with Crippen molar-refractivity contribution in [1.29, 1.82) is 0 Å². The van der Waals surface area contributed by atoms with Crippen LogP contribution in [0.15, 0.2) is 24.3 Å². The Morgan fingerprint density at radius 2 is 1.72 bits per heavy atom. The van der Waals surface area contributed by atoms with Gasteiger partial charge in [-0.05, 0) is 44.7 Å². The van der Waals surface area contributed by atoms with Crippen molar-refractivity contribution in [3.8, 4) is 0 Å². The molecule has 0 aliphatic rings. The molecule has 8 heteroatoms. The van der Waals surface area contributed by atoms with E-state index in [4.69, 9.17) is 0 Å². The Hall–Kier alpha value is -1.41. The van der Waals surface area contributed by atoms with Gasteiger partial charge in [0.25, 0.3) is 0 Å². The highest BCUT2D eigenvalue weighted by molar-refractivity contribution is 7.98. The molecule has 2 N–H and O–H groups in total. The molecule has 1 rings (SSSR count). The average Bonchev–Trinajstić information content (AvgIpc) is 2.48. The van der Waals surface area contributed by atoms with Crippen molar-refractivity contribution in [2.75, 3.05) is 18.6 Å². The number of hydrogen-bond donors (Lipinski definition) is 2. The molecule has 0 spiro atoms. The molecule has 1 aromatic rings. The highest BCUT2D eigenvalue weighted by Gasteiger charge is 2.38. The number of rotatable bonds is 6. The van der Waals surface area contributed by atoms with Crippen molar-refractivity contribution < 1.29 is 28.2 Å². The SMILES string of the molecule is CSC[C@@H](c1ccc(C(F)(F)F)cc1)[C@@H](CO)N(C(=O)O)C(C)(C)C. The number of carboxylic acid groups (broad SMARTS) is 1. The third kappa shape index (κ3) is 5.54. The van der Waals surface area contributed by atoms with Gasteiger partial charge >= 0.3 is 12.3 Å². The summed E-state index contributed by atoms with van der Waals surface area (Å²) in [6, 6.07) is 3.92. The van der Waals surface area contributed by atoms with Crippen molar-refractivity contribution in [2.45, 2.75) is 44.4 Å². The molecule has 4 nitrogen and oxygen atoms in total. The van der Waals surface area contributed by atoms with Gasteiger partial charge in [0.05, 0.1) is 18.2 Å². The van der Waals surface area contributed by atoms with E-state index in [-0.39, 0.29) is 0 Å². The number of halogens is 3. The van der Waals surface area contributed by atoms with Gasteiger partial charge in [0.2, 0.25) is 0 Å². The predicted molar refractivity (Wildman–Crippen MR) is 93.1 cm³/mol. The van der Waals surface area contributed by atoms with Crippen molar-refractivity contribution in [2.24, 2.45) is 0 Å². The van der Waals surface area contributed by atoms with Gasteiger partial charge in [-0.3, -0.25) is 4.90 Å². The van der Waals surface area contributed by atoms with Gasteiger partial charge in [0, 0.05) is 17.2 Å². The van der Waals surface area contributed by atoms with Crippen molar-refractivity contribution in [3.05, 3.63) is 35.4 Å². The van der Waals surface area contributed by atoms with Gasteiger partial charge in [0.1, 0.15) is 0 Å². The summed E-state index contributed by atoms with van der Waals surface area (Å²) >= 11 is 1.44. The molecule has 0 unspecified atom stereocenters. The predicted octanol–water partition coefficient (Wildman–Crippen LogP) is 4.29. The van der Waals surface area contributed by atoms with Gasteiger partial charge in [0.15, 0.2) is 0 Å². The third-order valence-corrected chi connectivity index (χ3v) is 4.62. The van der Waals surface area contributed by atoms with E-state index < -0.39 is 41.9 Å². The van der Waals surface area contributed by atoms with Gasteiger partial charge in [-0.25, -0.2) is 4.79 Å². The summed E-state index contributed by atoms with van der Waals surface area (Å²) < 4.78 is 38.3. The van der Waals surface area contributed by atoms with Crippen LogP contribution >= 0.6 is 11.8 Å². The molecule has 1 amide bonds. The van der Waals surface area contributed by atoms with E-state index in [1.165, 1.54) is 28.8 Å². The minimum absolute atomic E-state index is 0.421. The summed E-state index contributed by atoms with van der Waals surface area (Å²) in [4.78, 5) is 12.9. The summed E-state index contributed by atoms with van der Waals surface area (Å²) in [7, 11) is 0. The molecular weight excluding hydrogens is 355 g/mol. The molecule has 0 aliphatic heterocycles. The zero-order valence-corrected chi connectivity index (χ0v) is 15.5. The molecule has 0 radical (unpaired) electrons. The van der Waals surface area contributed by atoms with Crippen LogP contribution in [0.2, 0.25) is 0 Å². The maximum absolute atomic E-state index is 12.8. The van der Waals surface area contributed by atoms with Crippen LogP contribution in [-0.4, -0.2) is 51.4 Å².